The van der Waals surface area contributed by atoms with Crippen LogP contribution in [-0.4, -0.2) is 40.2 Å². The number of nitrogens with two attached hydrogens (primary N) is 1. The van der Waals surface area contributed by atoms with E-state index in [9.17, 15) is 18.4 Å². The van der Waals surface area contributed by atoms with E-state index in [1.807, 2.05) is 439 Å². The average Bonchev–Trinajstić information content (AvgIpc) is 0.867. The summed E-state index contributed by atoms with van der Waals surface area (Å²) in [6.07, 6.45) is 4.19. The fourth-order valence-corrected chi connectivity index (χ4v) is 191. The van der Waals surface area contributed by atoms with Crippen molar-refractivity contribution in [2.24, 2.45) is 0 Å². The zero-order valence-corrected chi connectivity index (χ0v) is 119. The molecule has 1 amide bonds. The molecular weight excluding hydrogens is 3130 g/mol. The largest absolute Gasteiger partial charge is 0.494 e. The first-order chi connectivity index (χ1) is 58.4. The summed E-state index contributed by atoms with van der Waals surface area (Å²) in [6, 6.07) is 20.4. The Hall–Kier alpha value is 12.6. The normalized spacial score (nSPS) is 8.47. The number of aromatic nitrogens is 2. The van der Waals surface area contributed by atoms with E-state index in [0.29, 0.717) is 43.9 Å². The molecule has 0 aliphatic carbocycles. The average molecular weight is 3160 g/mol. The number of nitrogen functional groups attached to an aromatic ring is 1. The Bertz CT molecular complexity index is 7490. The lowest BCUT2D eigenvalue weighted by molar-refractivity contribution is -0.137. The number of ether oxygens (including phenoxy) is 2. The second-order valence-electron chi connectivity index (χ2n) is 13.4. The zero-order valence-electron chi connectivity index (χ0n) is 53.9. The van der Waals surface area contributed by atoms with Crippen molar-refractivity contribution in [3.8, 4) is 11.5 Å². The van der Waals surface area contributed by atoms with Crippen molar-refractivity contribution in [1.82, 2.24) is 9.97 Å². The summed E-state index contributed by atoms with van der Waals surface area (Å²) in [5.74, 6) is -0.622. The molecular formula is C30H30Br2F2N4O5S76. The van der Waals surface area contributed by atoms with Gasteiger partial charge in [0.25, 0.3) is 0 Å². The van der Waals surface area contributed by atoms with E-state index in [0.717, 1.165) is 20.4 Å². The third-order valence-corrected chi connectivity index (χ3v) is 163. The first-order valence-electron chi connectivity index (χ1n) is 25.2. The Morgan fingerprint density at radius 1 is 0.328 bits per heavy atom. The van der Waals surface area contributed by atoms with Gasteiger partial charge in [0.15, 0.2) is 0 Å². The molecule has 0 saturated carbocycles. The van der Waals surface area contributed by atoms with Gasteiger partial charge in [-0.15, -0.1) is 0 Å². The van der Waals surface area contributed by atoms with E-state index in [-0.39, 0.29) is 12.3 Å². The van der Waals surface area contributed by atoms with Gasteiger partial charge in [0.1, 0.15) is 11.5 Å². The molecule has 684 valence electrons. The maximum Gasteiger partial charge on any atom is 0.303 e. The molecule has 0 spiro atoms. The molecule has 0 saturated heterocycles. The molecule has 4 aromatic rings. The van der Waals surface area contributed by atoms with Crippen LogP contribution in [0.2, 0.25) is 0 Å². The number of anilines is 2. The van der Waals surface area contributed by atoms with Gasteiger partial charge in [0.2, 0.25) is 17.8 Å². The van der Waals surface area contributed by atoms with Crippen molar-refractivity contribution < 1.29 is 33.0 Å². The van der Waals surface area contributed by atoms with E-state index in [1.165, 1.54) is 66.1 Å². The number of hydrogen-bond donors (Lipinski definition) is 3. The first kappa shape index (κ1) is 132. The number of aliphatic carboxylic acids is 1. The van der Waals surface area contributed by atoms with E-state index >= 15 is 0 Å². The molecule has 2 heterocycles. The Morgan fingerprint density at radius 2 is 0.546 bits per heavy atom. The predicted molar refractivity (Wildman–Crippen MR) is 727 cm³/mol. The summed E-state index contributed by atoms with van der Waals surface area (Å²) >= 11 is 25.9. The molecule has 119 heavy (non-hydrogen) atoms. The van der Waals surface area contributed by atoms with Gasteiger partial charge < -0.3 is 25.6 Å². The minimum Gasteiger partial charge on any atom is -0.494 e. The van der Waals surface area contributed by atoms with Gasteiger partial charge in [0.05, 0.1) is 13.2 Å². The highest BCUT2D eigenvalue weighted by atomic mass is 79.9. The first-order valence-corrected chi connectivity index (χ1v) is 125. The number of nitrogens with one attached hydrogen (secondary N) is 1. The summed E-state index contributed by atoms with van der Waals surface area (Å²) in [5.41, 5.74) is 5.98. The SMILES string of the molecule is Nc1ccnc(F)c1.O=C(CCCOc1cccc(Br)c1)Nc1ccnc(F)c1.O=C(O)CCCOc1cccc(Br)c1.S=S=S=S=S=S=S=S=S=S=S=S=S=S=S=S=S=S=S=S=S=S=S=S=S=S=S=S=S=S=S=S=S=S=S=S.S=S=S=S=S=S=S=S=S=S=S=S=S=S=S=S=S=S=S=S=S=S=S=S=S=S=S=S=S=S=S=S=S=S=S=S=S=S=S=S. The maximum absolute atomic E-state index is 12.9. The topological polar surface area (TPSA) is 137 Å². The van der Waals surface area contributed by atoms with Gasteiger partial charge in [-0.2, -0.15) is 8.78 Å². The van der Waals surface area contributed by atoms with Gasteiger partial charge in [-0.05, 0) is 61.4 Å². The number of halogens is 4. The number of hydrogen-bond acceptors (Lipinski definition) is 11. The standard InChI is InChI=1S/C15H14BrFN2O2.C10H11BrO3.C5H5FN2.S40.S36/c16-11-3-1-4-13(9-11)21-8-2-5-15(20)19-12-6-7-18-14(17)10-12;11-8-3-1-4-9(7-8)14-6-2-5-10(12)13;6-5-3-4(7)1-2-8-5;1-3-5-7-9-11-13-15-17-19-21-23-25-27-29-31-33-35-37-39-40-38-36-34-32-30-28-26-24-22-20-18-16-14-12-10-8-6-4-2;1-3-5-7-9-11-13-15-17-19-21-23-25-27-29-31-33-35-36-34-32-30-28-26-24-22-20-18-16-14-12-10-8-6-4-2/h1,3-4,6-7,9-10H,2,5,8H2,(H,18,19,20);1,3-4,7H,2,5-6H2,(H,12,13);1-3H,(H2,7,8);;. The number of carbonyl (C=O) groups is 2. The van der Waals surface area contributed by atoms with Crippen molar-refractivity contribution >= 4 is 739 Å². The van der Waals surface area contributed by atoms with Crippen molar-refractivity contribution in [2.75, 3.05) is 24.3 Å². The Labute approximate surface area is 925 Å². The number of rotatable bonds is 11. The van der Waals surface area contributed by atoms with E-state index in [4.69, 9.17) is 65.1 Å². The van der Waals surface area contributed by atoms with Crippen molar-refractivity contribution in [1.29, 1.82) is 0 Å². The van der Waals surface area contributed by atoms with Crippen LogP contribution in [0.1, 0.15) is 25.7 Å². The third kappa shape index (κ3) is 109. The maximum atomic E-state index is 12.9. The molecule has 9 nitrogen and oxygen atoms in total. The quantitative estimate of drug-likeness (QED) is 0.105. The molecule has 2 aromatic carbocycles. The van der Waals surface area contributed by atoms with Crippen molar-refractivity contribution in [2.45, 2.75) is 25.7 Å². The summed E-state index contributed by atoms with van der Waals surface area (Å²) in [4.78, 5) is 28.6. The number of carboxylic acids is 1. The van der Waals surface area contributed by atoms with E-state index in [2.05, 4.69) is 47.1 Å². The monoisotopic (exact) mass is 3150 g/mol. The molecule has 0 radical (unpaired) electrons. The van der Waals surface area contributed by atoms with Gasteiger partial charge >= 0.3 is 5.97 Å². The Kier molecular flexibility index (Phi) is 125. The van der Waals surface area contributed by atoms with Crippen LogP contribution in [0, 0.1) is 11.9 Å². The molecule has 0 aliphatic rings. The fourth-order valence-electron chi connectivity index (χ4n) is 3.84. The molecule has 0 fully saturated rings. The van der Waals surface area contributed by atoms with Crippen LogP contribution in [0.25, 0.3) is 0 Å². The summed E-state index contributed by atoms with van der Waals surface area (Å²) in [6.45, 7) is 0.872. The molecule has 89 heteroatoms. The molecule has 2 aromatic heterocycles. The van der Waals surface area contributed by atoms with Crippen LogP contribution in [0.15, 0.2) is 94.1 Å². The number of nitrogens with zero attached hydrogens (tertiary/aromatic N) is 2. The van der Waals surface area contributed by atoms with Crippen LogP contribution in [-0.2, 0) is 694 Å². The van der Waals surface area contributed by atoms with E-state index in [1.54, 1.807) is 219 Å². The van der Waals surface area contributed by atoms with Crippen LogP contribution in [0.5, 0.6) is 11.5 Å². The lowest BCUT2D eigenvalue weighted by Gasteiger charge is -2.07. The summed E-state index contributed by atoms with van der Waals surface area (Å²) < 4.78 is 37.6. The van der Waals surface area contributed by atoms with Gasteiger partial charge in [-0.3, -0.25) is 9.59 Å². The molecule has 4 N–H and O–H groups in total. The van der Waals surface area contributed by atoms with Crippen LogP contribution < -0.4 is 20.5 Å². The minimum absolute atomic E-state index is 0.147. The molecule has 0 atom stereocenters. The number of pyridine rings is 2. The third-order valence-electron chi connectivity index (χ3n) is 6.92. The molecule has 0 unspecified atom stereocenters. The highest BCUT2D eigenvalue weighted by Crippen LogP contribution is 2.19. The zero-order chi connectivity index (χ0) is 86.4. The molecule has 0 aliphatic heterocycles. The van der Waals surface area contributed by atoms with Crippen molar-refractivity contribution in [3.63, 3.8) is 0 Å². The second-order valence-corrected chi connectivity index (χ2v) is 143. The highest BCUT2D eigenvalue weighted by molar-refractivity contribution is 9.11. The van der Waals surface area contributed by atoms with Crippen LogP contribution >= 0.6 is 31.9 Å². The highest BCUT2D eigenvalue weighted by Gasteiger charge is 2.04. The lowest BCUT2D eigenvalue weighted by Crippen LogP contribution is -2.13. The van der Waals surface area contributed by atoms with Gasteiger partial charge in [-0.25, -0.2) is 9.97 Å². The fraction of sp³-hybridized carbons (Fsp3) is 0.200. The Morgan fingerprint density at radius 3 is 0.739 bits per heavy atom. The van der Waals surface area contributed by atoms with Crippen molar-refractivity contribution in [3.05, 3.63) is 106 Å². The lowest BCUT2D eigenvalue weighted by atomic mass is 10.3. The van der Waals surface area contributed by atoms with Crippen LogP contribution in [0.4, 0.5) is 20.2 Å². The smallest absolute Gasteiger partial charge is 0.303 e. The summed E-state index contributed by atoms with van der Waals surface area (Å²) in [7, 11) is 127. The van der Waals surface area contributed by atoms with Gasteiger partial charge in [-0.1, -0.05) is 44.0 Å². The molecule has 4 rings (SSSR count). The Balaban J connectivity index is 0.00000159. The molecule has 0 bridgehead atoms. The second kappa shape index (κ2) is 113. The number of carboxylic acid groups (broad SMARTS) is 1. The van der Waals surface area contributed by atoms with Gasteiger partial charge in [0, 0.05) is 742 Å². The number of carbonyl (C=O) groups excluding carboxylic acids is 1. The van der Waals surface area contributed by atoms with E-state index < -0.39 is 17.9 Å². The van der Waals surface area contributed by atoms with Crippen LogP contribution in [0.3, 0.4) is 0 Å². The minimum atomic E-state index is -0.789. The number of benzene rings is 2. The number of amides is 1. The predicted octanol–water partition coefficient (Wildman–Crippen LogP) is 7.09. The summed E-state index contributed by atoms with van der Waals surface area (Å²) in [5, 5.41) is 11.0.